The molecule has 0 spiro atoms. The average Bonchev–Trinajstić information content (AvgIpc) is 2.92. The van der Waals surface area contributed by atoms with Gasteiger partial charge in [-0.05, 0) is 31.0 Å². The lowest BCUT2D eigenvalue weighted by molar-refractivity contribution is -0.116. The van der Waals surface area contributed by atoms with Gasteiger partial charge in [-0.2, -0.15) is 4.98 Å². The Morgan fingerprint density at radius 1 is 1.41 bits per heavy atom. The fraction of sp³-hybridized carbons (Fsp3) is 0.438. The highest BCUT2D eigenvalue weighted by atomic mass is 35.5. The van der Waals surface area contributed by atoms with Gasteiger partial charge in [0, 0.05) is 29.5 Å². The van der Waals surface area contributed by atoms with Gasteiger partial charge in [-0.3, -0.25) is 4.79 Å². The van der Waals surface area contributed by atoms with Crippen molar-refractivity contribution in [2.24, 2.45) is 0 Å². The number of nitrogens with one attached hydrogen (secondary N) is 1. The first-order valence-corrected chi connectivity index (χ1v) is 7.72. The van der Waals surface area contributed by atoms with Gasteiger partial charge in [0.1, 0.15) is 0 Å². The summed E-state index contributed by atoms with van der Waals surface area (Å²) in [5, 5.41) is 7.38. The number of hydrogen-bond donors (Lipinski definition) is 1. The highest BCUT2D eigenvalue weighted by molar-refractivity contribution is 6.31. The maximum absolute atomic E-state index is 12.0. The molecule has 0 fully saturated rings. The van der Waals surface area contributed by atoms with E-state index in [1.54, 1.807) is 12.1 Å². The van der Waals surface area contributed by atoms with Crippen LogP contribution in [0.1, 0.15) is 49.9 Å². The van der Waals surface area contributed by atoms with E-state index in [-0.39, 0.29) is 11.8 Å². The molecule has 0 radical (unpaired) electrons. The van der Waals surface area contributed by atoms with Crippen LogP contribution >= 0.6 is 11.6 Å². The number of nitrogens with zero attached hydrogens (tertiary/aromatic N) is 2. The lowest BCUT2D eigenvalue weighted by Gasteiger charge is -2.08. The molecule has 0 saturated carbocycles. The van der Waals surface area contributed by atoms with E-state index in [4.69, 9.17) is 16.1 Å². The quantitative estimate of drug-likeness (QED) is 0.869. The number of carbonyl (C=O) groups is 1. The van der Waals surface area contributed by atoms with Crippen LogP contribution in [-0.2, 0) is 11.2 Å². The SMILES string of the molecule is Cc1ccc(Cl)cc1NC(=O)CCCc1nc(C(C)C)no1. The largest absolute Gasteiger partial charge is 0.339 e. The van der Waals surface area contributed by atoms with E-state index in [2.05, 4.69) is 15.5 Å². The van der Waals surface area contributed by atoms with Gasteiger partial charge in [0.2, 0.25) is 11.8 Å². The third kappa shape index (κ3) is 4.56. The number of anilines is 1. The Hall–Kier alpha value is -1.88. The Kier molecular flexibility index (Phi) is 5.55. The summed E-state index contributed by atoms with van der Waals surface area (Å²) in [6.07, 6.45) is 1.65. The van der Waals surface area contributed by atoms with Crippen LogP contribution in [-0.4, -0.2) is 16.0 Å². The number of aromatic nitrogens is 2. The number of benzene rings is 1. The van der Waals surface area contributed by atoms with E-state index in [1.807, 2.05) is 26.8 Å². The molecular formula is C16H20ClN3O2. The van der Waals surface area contributed by atoms with Crippen molar-refractivity contribution in [1.29, 1.82) is 0 Å². The van der Waals surface area contributed by atoms with Crippen molar-refractivity contribution in [1.82, 2.24) is 10.1 Å². The summed E-state index contributed by atoms with van der Waals surface area (Å²) in [6, 6.07) is 5.43. The van der Waals surface area contributed by atoms with Gasteiger partial charge in [0.15, 0.2) is 5.82 Å². The fourth-order valence-corrected chi connectivity index (χ4v) is 2.12. The molecule has 0 aliphatic heterocycles. The Balaban J connectivity index is 1.81. The molecule has 118 valence electrons. The first kappa shape index (κ1) is 16.5. The summed E-state index contributed by atoms with van der Waals surface area (Å²) in [4.78, 5) is 16.2. The molecule has 1 aromatic carbocycles. The second-order valence-electron chi connectivity index (χ2n) is 5.56. The van der Waals surface area contributed by atoms with Crippen molar-refractivity contribution in [2.45, 2.75) is 46.0 Å². The van der Waals surface area contributed by atoms with Gasteiger partial charge in [-0.1, -0.05) is 36.7 Å². The van der Waals surface area contributed by atoms with E-state index in [0.29, 0.717) is 36.0 Å². The number of rotatable bonds is 6. The number of halogens is 1. The van der Waals surface area contributed by atoms with Crippen molar-refractivity contribution in [3.8, 4) is 0 Å². The van der Waals surface area contributed by atoms with Gasteiger partial charge in [-0.25, -0.2) is 0 Å². The molecule has 1 heterocycles. The smallest absolute Gasteiger partial charge is 0.226 e. The molecule has 1 aromatic heterocycles. The van der Waals surface area contributed by atoms with Crippen LogP contribution in [0.3, 0.4) is 0 Å². The van der Waals surface area contributed by atoms with Gasteiger partial charge in [-0.15, -0.1) is 0 Å². The molecule has 6 heteroatoms. The molecule has 22 heavy (non-hydrogen) atoms. The normalized spacial score (nSPS) is 11.0. The van der Waals surface area contributed by atoms with Crippen LogP contribution in [0.15, 0.2) is 22.7 Å². The highest BCUT2D eigenvalue weighted by Crippen LogP contribution is 2.20. The minimum Gasteiger partial charge on any atom is -0.339 e. The monoisotopic (exact) mass is 321 g/mol. The predicted octanol–water partition coefficient (Wildman–Crippen LogP) is 4.12. The maximum Gasteiger partial charge on any atom is 0.226 e. The van der Waals surface area contributed by atoms with Crippen LogP contribution in [0, 0.1) is 6.92 Å². The van der Waals surface area contributed by atoms with Crippen molar-refractivity contribution < 1.29 is 9.32 Å². The van der Waals surface area contributed by atoms with Gasteiger partial charge in [0.25, 0.3) is 0 Å². The van der Waals surface area contributed by atoms with Gasteiger partial charge < -0.3 is 9.84 Å². The molecule has 0 atom stereocenters. The van der Waals surface area contributed by atoms with Crippen LogP contribution in [0.2, 0.25) is 5.02 Å². The summed E-state index contributed by atoms with van der Waals surface area (Å²) < 4.78 is 5.15. The number of carbonyl (C=O) groups excluding carboxylic acids is 1. The number of amides is 1. The fourth-order valence-electron chi connectivity index (χ4n) is 1.95. The summed E-state index contributed by atoms with van der Waals surface area (Å²) in [6.45, 7) is 5.95. The van der Waals surface area contributed by atoms with Crippen LogP contribution in [0.4, 0.5) is 5.69 Å². The maximum atomic E-state index is 12.0. The third-order valence-corrected chi connectivity index (χ3v) is 3.50. The molecule has 0 saturated heterocycles. The zero-order valence-corrected chi connectivity index (χ0v) is 13.8. The number of aryl methyl sites for hydroxylation is 2. The molecule has 1 amide bonds. The molecule has 2 aromatic rings. The van der Waals surface area contributed by atoms with Crippen LogP contribution in [0.5, 0.6) is 0 Å². The minimum atomic E-state index is -0.0473. The molecule has 0 bridgehead atoms. The average molecular weight is 322 g/mol. The van der Waals surface area contributed by atoms with Gasteiger partial charge >= 0.3 is 0 Å². The Labute approximate surface area is 135 Å². The second kappa shape index (κ2) is 7.40. The summed E-state index contributed by atoms with van der Waals surface area (Å²) in [5.41, 5.74) is 1.73. The molecular weight excluding hydrogens is 302 g/mol. The van der Waals surface area contributed by atoms with Crippen molar-refractivity contribution >= 4 is 23.2 Å². The molecule has 0 aliphatic rings. The second-order valence-corrected chi connectivity index (χ2v) is 6.00. The Morgan fingerprint density at radius 3 is 2.86 bits per heavy atom. The predicted molar refractivity (Wildman–Crippen MR) is 86.1 cm³/mol. The highest BCUT2D eigenvalue weighted by Gasteiger charge is 2.11. The summed E-state index contributed by atoms with van der Waals surface area (Å²) in [7, 11) is 0. The number of hydrogen-bond acceptors (Lipinski definition) is 4. The molecule has 2 rings (SSSR count). The zero-order chi connectivity index (χ0) is 16.1. The van der Waals surface area contributed by atoms with Crippen LogP contribution < -0.4 is 5.32 Å². The van der Waals surface area contributed by atoms with Crippen LogP contribution in [0.25, 0.3) is 0 Å². The van der Waals surface area contributed by atoms with Crippen molar-refractivity contribution in [3.63, 3.8) is 0 Å². The summed E-state index contributed by atoms with van der Waals surface area (Å²) in [5.74, 6) is 1.48. The zero-order valence-electron chi connectivity index (χ0n) is 13.0. The first-order valence-electron chi connectivity index (χ1n) is 7.34. The first-order chi connectivity index (χ1) is 10.5. The standard InChI is InChI=1S/C16H20ClN3O2/c1-10(2)16-19-15(22-20-16)6-4-5-14(21)18-13-9-12(17)8-7-11(13)3/h7-10H,4-6H2,1-3H3,(H,18,21). The lowest BCUT2D eigenvalue weighted by atomic mass is 10.2. The molecule has 0 unspecified atom stereocenters. The lowest BCUT2D eigenvalue weighted by Crippen LogP contribution is -2.12. The Bertz CT molecular complexity index is 653. The van der Waals surface area contributed by atoms with E-state index in [9.17, 15) is 4.79 Å². The molecule has 0 aliphatic carbocycles. The van der Waals surface area contributed by atoms with E-state index < -0.39 is 0 Å². The topological polar surface area (TPSA) is 68.0 Å². The van der Waals surface area contributed by atoms with E-state index >= 15 is 0 Å². The van der Waals surface area contributed by atoms with Crippen molar-refractivity contribution in [2.75, 3.05) is 5.32 Å². The Morgan fingerprint density at radius 2 is 2.18 bits per heavy atom. The van der Waals surface area contributed by atoms with E-state index in [0.717, 1.165) is 11.3 Å². The minimum absolute atomic E-state index is 0.0473. The van der Waals surface area contributed by atoms with E-state index in [1.165, 1.54) is 0 Å². The van der Waals surface area contributed by atoms with Gasteiger partial charge in [0.05, 0.1) is 0 Å². The van der Waals surface area contributed by atoms with Crippen molar-refractivity contribution in [3.05, 3.63) is 40.5 Å². The summed E-state index contributed by atoms with van der Waals surface area (Å²) >= 11 is 5.93. The third-order valence-electron chi connectivity index (χ3n) is 3.27. The molecule has 5 nitrogen and oxygen atoms in total. The molecule has 1 N–H and O–H groups in total.